The lowest BCUT2D eigenvalue weighted by atomic mass is 10.1. The van der Waals surface area contributed by atoms with E-state index in [4.69, 9.17) is 11.6 Å². The molecule has 1 aliphatic heterocycles. The molecule has 1 aromatic heterocycles. The number of hydrogen-bond donors (Lipinski definition) is 1. The number of halogens is 1. The standard InChI is InChI=1S/C22H22ClN3O3S/c1-14-13-20(18-9-10-19(23)15(2)21(18)24-14)25-22(27)16-5-7-17(8-6-16)30(28,29)26-11-3-4-12-26/h5-10,13H,3-4,11-12H2,1-2H3,(H,24,25,27). The number of sulfonamides is 1. The van der Waals surface area contributed by atoms with Crippen LogP contribution >= 0.6 is 11.6 Å². The summed E-state index contributed by atoms with van der Waals surface area (Å²) in [5.74, 6) is -0.320. The number of hydrogen-bond acceptors (Lipinski definition) is 4. The number of fused-ring (bicyclic) bond motifs is 1. The molecular weight excluding hydrogens is 422 g/mol. The van der Waals surface area contributed by atoms with Crippen molar-refractivity contribution in [3.63, 3.8) is 0 Å². The van der Waals surface area contributed by atoms with E-state index in [2.05, 4.69) is 10.3 Å². The molecule has 0 atom stereocenters. The minimum atomic E-state index is -3.50. The quantitative estimate of drug-likeness (QED) is 0.641. The van der Waals surface area contributed by atoms with Gasteiger partial charge >= 0.3 is 0 Å². The summed E-state index contributed by atoms with van der Waals surface area (Å²) in [6, 6.07) is 11.5. The molecule has 1 N–H and O–H groups in total. The fraction of sp³-hybridized carbons (Fsp3) is 0.273. The smallest absolute Gasteiger partial charge is 0.255 e. The minimum Gasteiger partial charge on any atom is -0.321 e. The zero-order chi connectivity index (χ0) is 21.5. The van der Waals surface area contributed by atoms with Gasteiger partial charge in [0.1, 0.15) is 0 Å². The summed E-state index contributed by atoms with van der Waals surface area (Å²) in [5.41, 5.74) is 3.37. The Labute approximate surface area is 180 Å². The Morgan fingerprint density at radius 1 is 1.07 bits per heavy atom. The van der Waals surface area contributed by atoms with Gasteiger partial charge in [-0.05, 0) is 74.7 Å². The van der Waals surface area contributed by atoms with Crippen molar-refractivity contribution in [2.75, 3.05) is 18.4 Å². The third kappa shape index (κ3) is 3.80. The zero-order valence-corrected chi connectivity index (χ0v) is 18.3. The number of carbonyl (C=O) groups excluding carboxylic acids is 1. The molecule has 0 spiro atoms. The van der Waals surface area contributed by atoms with Gasteiger partial charge in [0.05, 0.1) is 16.1 Å². The predicted molar refractivity (Wildman–Crippen MR) is 119 cm³/mol. The Morgan fingerprint density at radius 2 is 1.73 bits per heavy atom. The van der Waals surface area contributed by atoms with E-state index in [0.29, 0.717) is 29.4 Å². The van der Waals surface area contributed by atoms with Gasteiger partial charge in [-0.3, -0.25) is 9.78 Å². The summed E-state index contributed by atoms with van der Waals surface area (Å²) in [6.07, 6.45) is 1.76. The summed E-state index contributed by atoms with van der Waals surface area (Å²) < 4.78 is 26.8. The number of anilines is 1. The van der Waals surface area contributed by atoms with Crippen molar-refractivity contribution in [3.05, 3.63) is 64.3 Å². The first kappa shape index (κ1) is 20.8. The molecule has 4 rings (SSSR count). The molecule has 0 aliphatic carbocycles. The highest BCUT2D eigenvalue weighted by Crippen LogP contribution is 2.30. The molecule has 0 saturated carbocycles. The molecule has 2 aromatic carbocycles. The summed E-state index contributed by atoms with van der Waals surface area (Å²) >= 11 is 6.21. The number of nitrogens with zero attached hydrogens (tertiary/aromatic N) is 2. The van der Waals surface area contributed by atoms with Gasteiger partial charge in [0.15, 0.2) is 0 Å². The highest BCUT2D eigenvalue weighted by molar-refractivity contribution is 7.89. The Bertz CT molecular complexity index is 1230. The van der Waals surface area contributed by atoms with Gasteiger partial charge in [0, 0.05) is 34.8 Å². The Balaban J connectivity index is 1.61. The van der Waals surface area contributed by atoms with Gasteiger partial charge < -0.3 is 5.32 Å². The second-order valence-corrected chi connectivity index (χ2v) is 9.81. The highest BCUT2D eigenvalue weighted by Gasteiger charge is 2.27. The van der Waals surface area contributed by atoms with Crippen LogP contribution in [0.5, 0.6) is 0 Å². The molecule has 0 bridgehead atoms. The van der Waals surface area contributed by atoms with Crippen LogP contribution in [0.15, 0.2) is 47.4 Å². The largest absolute Gasteiger partial charge is 0.321 e. The molecule has 3 aromatic rings. The van der Waals surface area contributed by atoms with Crippen molar-refractivity contribution in [2.24, 2.45) is 0 Å². The molecule has 0 radical (unpaired) electrons. The number of amides is 1. The normalized spacial score (nSPS) is 14.9. The molecule has 1 aliphatic rings. The van der Waals surface area contributed by atoms with Gasteiger partial charge in [0.25, 0.3) is 5.91 Å². The van der Waals surface area contributed by atoms with Crippen molar-refractivity contribution in [2.45, 2.75) is 31.6 Å². The van der Waals surface area contributed by atoms with Crippen LogP contribution in [0.4, 0.5) is 5.69 Å². The average molecular weight is 444 g/mol. The summed E-state index contributed by atoms with van der Waals surface area (Å²) in [7, 11) is -3.50. The highest BCUT2D eigenvalue weighted by atomic mass is 35.5. The topological polar surface area (TPSA) is 79.4 Å². The van der Waals surface area contributed by atoms with Crippen LogP contribution in [0.3, 0.4) is 0 Å². The van der Waals surface area contributed by atoms with Crippen LogP contribution < -0.4 is 5.32 Å². The Kier molecular flexibility index (Phi) is 5.53. The van der Waals surface area contributed by atoms with Crippen molar-refractivity contribution in [3.8, 4) is 0 Å². The van der Waals surface area contributed by atoms with E-state index in [1.54, 1.807) is 12.1 Å². The molecule has 156 valence electrons. The number of carbonyl (C=O) groups is 1. The minimum absolute atomic E-state index is 0.205. The molecular formula is C22H22ClN3O3S. The maximum Gasteiger partial charge on any atom is 0.255 e. The summed E-state index contributed by atoms with van der Waals surface area (Å²) in [5, 5.41) is 4.33. The van der Waals surface area contributed by atoms with Gasteiger partial charge in [-0.25, -0.2) is 8.42 Å². The second-order valence-electron chi connectivity index (χ2n) is 7.47. The fourth-order valence-corrected chi connectivity index (χ4v) is 5.36. The van der Waals surface area contributed by atoms with E-state index in [1.807, 2.05) is 19.9 Å². The summed E-state index contributed by atoms with van der Waals surface area (Å²) in [4.78, 5) is 17.6. The number of pyridine rings is 1. The SMILES string of the molecule is Cc1cc(NC(=O)c2ccc(S(=O)(=O)N3CCCC3)cc2)c2ccc(Cl)c(C)c2n1. The maximum absolute atomic E-state index is 12.8. The van der Waals surface area contributed by atoms with Crippen molar-refractivity contribution in [1.82, 2.24) is 9.29 Å². The van der Waals surface area contributed by atoms with Crippen LogP contribution in [0.1, 0.15) is 34.5 Å². The molecule has 0 unspecified atom stereocenters. The van der Waals surface area contributed by atoms with Crippen LogP contribution in [0.2, 0.25) is 5.02 Å². The van der Waals surface area contributed by atoms with E-state index < -0.39 is 10.0 Å². The zero-order valence-electron chi connectivity index (χ0n) is 16.8. The number of aromatic nitrogens is 1. The molecule has 6 nitrogen and oxygen atoms in total. The lowest BCUT2D eigenvalue weighted by Crippen LogP contribution is -2.27. The molecule has 1 saturated heterocycles. The molecule has 30 heavy (non-hydrogen) atoms. The van der Waals surface area contributed by atoms with E-state index in [9.17, 15) is 13.2 Å². The first-order valence-corrected chi connectivity index (χ1v) is 11.6. The number of rotatable bonds is 4. The Hall–Kier alpha value is -2.48. The van der Waals surface area contributed by atoms with Gasteiger partial charge in [-0.1, -0.05) is 11.6 Å². The van der Waals surface area contributed by atoms with Crippen molar-refractivity contribution >= 4 is 44.1 Å². The van der Waals surface area contributed by atoms with Crippen LogP contribution in [0.25, 0.3) is 10.9 Å². The van der Waals surface area contributed by atoms with E-state index in [-0.39, 0.29) is 10.8 Å². The molecule has 1 fully saturated rings. The number of nitrogens with one attached hydrogen (secondary N) is 1. The summed E-state index contributed by atoms with van der Waals surface area (Å²) in [6.45, 7) is 4.83. The van der Waals surface area contributed by atoms with E-state index >= 15 is 0 Å². The Morgan fingerprint density at radius 3 is 2.40 bits per heavy atom. The first-order chi connectivity index (χ1) is 14.3. The first-order valence-electron chi connectivity index (χ1n) is 9.75. The van der Waals surface area contributed by atoms with Crippen LogP contribution in [-0.4, -0.2) is 36.7 Å². The van der Waals surface area contributed by atoms with Gasteiger partial charge in [0.2, 0.25) is 10.0 Å². The molecule has 8 heteroatoms. The van der Waals surface area contributed by atoms with E-state index in [1.165, 1.54) is 28.6 Å². The van der Waals surface area contributed by atoms with Crippen molar-refractivity contribution in [1.29, 1.82) is 0 Å². The second kappa shape index (κ2) is 7.98. The third-order valence-electron chi connectivity index (χ3n) is 5.36. The fourth-order valence-electron chi connectivity index (χ4n) is 3.69. The average Bonchev–Trinajstić information content (AvgIpc) is 3.27. The number of benzene rings is 2. The lowest BCUT2D eigenvalue weighted by Gasteiger charge is -2.16. The van der Waals surface area contributed by atoms with Crippen molar-refractivity contribution < 1.29 is 13.2 Å². The van der Waals surface area contributed by atoms with Gasteiger partial charge in [-0.15, -0.1) is 0 Å². The van der Waals surface area contributed by atoms with E-state index in [0.717, 1.165) is 35.0 Å². The maximum atomic E-state index is 12.8. The third-order valence-corrected chi connectivity index (χ3v) is 7.69. The lowest BCUT2D eigenvalue weighted by molar-refractivity contribution is 0.102. The monoisotopic (exact) mass is 443 g/mol. The number of aryl methyl sites for hydroxylation is 2. The van der Waals surface area contributed by atoms with Crippen LogP contribution in [0, 0.1) is 13.8 Å². The molecule has 2 heterocycles. The van der Waals surface area contributed by atoms with Gasteiger partial charge in [-0.2, -0.15) is 4.31 Å². The molecule has 1 amide bonds. The van der Waals surface area contributed by atoms with Crippen LogP contribution in [-0.2, 0) is 10.0 Å². The predicted octanol–water partition coefficient (Wildman–Crippen LogP) is 4.54.